The Kier molecular flexibility index (Phi) is 8.03. The van der Waals surface area contributed by atoms with Crippen LogP contribution in [0.1, 0.15) is 61.8 Å². The SMILES string of the molecule is O=C(NO)[C@@H](CCCCCCc1ccccc1)NS(=O)(=O)c1ccc2c3c(oc2c1)CCCC3. The van der Waals surface area contributed by atoms with E-state index < -0.39 is 22.0 Å². The first-order valence-electron chi connectivity index (χ1n) is 12.0. The van der Waals surface area contributed by atoms with E-state index in [9.17, 15) is 13.2 Å². The minimum Gasteiger partial charge on any atom is -0.461 e. The van der Waals surface area contributed by atoms with Crippen molar-refractivity contribution in [1.29, 1.82) is 0 Å². The number of hydroxylamine groups is 1. The summed E-state index contributed by atoms with van der Waals surface area (Å²) in [5, 5.41) is 10.1. The first-order valence-corrected chi connectivity index (χ1v) is 13.5. The summed E-state index contributed by atoms with van der Waals surface area (Å²) in [6.07, 6.45) is 8.82. The van der Waals surface area contributed by atoms with Crippen molar-refractivity contribution in [3.8, 4) is 0 Å². The van der Waals surface area contributed by atoms with E-state index in [1.165, 1.54) is 17.2 Å². The molecule has 1 amide bonds. The van der Waals surface area contributed by atoms with E-state index in [1.807, 2.05) is 18.2 Å². The van der Waals surface area contributed by atoms with Crippen molar-refractivity contribution in [2.75, 3.05) is 0 Å². The van der Waals surface area contributed by atoms with Gasteiger partial charge in [0.2, 0.25) is 10.0 Å². The molecule has 1 heterocycles. The van der Waals surface area contributed by atoms with Crippen LogP contribution in [0.5, 0.6) is 0 Å². The maximum Gasteiger partial charge on any atom is 0.261 e. The van der Waals surface area contributed by atoms with Crippen LogP contribution in [-0.4, -0.2) is 25.6 Å². The lowest BCUT2D eigenvalue weighted by atomic mass is 9.96. The summed E-state index contributed by atoms with van der Waals surface area (Å²) in [5.41, 5.74) is 4.61. The number of hydrogen-bond donors (Lipinski definition) is 3. The third-order valence-electron chi connectivity index (χ3n) is 6.51. The monoisotopic (exact) mass is 484 g/mol. The molecule has 0 radical (unpaired) electrons. The number of unbranched alkanes of at least 4 members (excludes halogenated alkanes) is 3. The second-order valence-electron chi connectivity index (χ2n) is 8.96. The van der Waals surface area contributed by atoms with Gasteiger partial charge in [-0.3, -0.25) is 10.0 Å². The van der Waals surface area contributed by atoms with Gasteiger partial charge in [0.25, 0.3) is 5.91 Å². The normalized spacial score (nSPS) is 14.6. The highest BCUT2D eigenvalue weighted by molar-refractivity contribution is 7.89. The van der Waals surface area contributed by atoms with E-state index in [0.29, 0.717) is 18.4 Å². The molecule has 0 fully saturated rings. The van der Waals surface area contributed by atoms with Gasteiger partial charge < -0.3 is 4.42 Å². The zero-order chi connectivity index (χ0) is 24.0. The van der Waals surface area contributed by atoms with Crippen LogP contribution in [0.15, 0.2) is 57.8 Å². The Bertz CT molecular complexity index is 1220. The molecule has 3 aromatic rings. The van der Waals surface area contributed by atoms with E-state index in [1.54, 1.807) is 17.6 Å². The molecule has 0 saturated heterocycles. The van der Waals surface area contributed by atoms with Crippen molar-refractivity contribution in [2.24, 2.45) is 0 Å². The molecular formula is C26H32N2O5S. The maximum atomic E-state index is 13.0. The van der Waals surface area contributed by atoms with Crippen LogP contribution in [0.25, 0.3) is 11.0 Å². The molecule has 1 aliphatic rings. The van der Waals surface area contributed by atoms with E-state index in [4.69, 9.17) is 9.62 Å². The molecule has 0 bridgehead atoms. The highest BCUT2D eigenvalue weighted by Gasteiger charge is 2.26. The predicted octanol–water partition coefficient (Wildman–Crippen LogP) is 4.66. The molecule has 34 heavy (non-hydrogen) atoms. The predicted molar refractivity (Wildman–Crippen MR) is 130 cm³/mol. The van der Waals surface area contributed by atoms with Crippen LogP contribution < -0.4 is 10.2 Å². The van der Waals surface area contributed by atoms with Crippen LogP contribution in [0.4, 0.5) is 0 Å². The number of rotatable bonds is 11. The van der Waals surface area contributed by atoms with E-state index in [0.717, 1.165) is 62.5 Å². The molecule has 1 atom stereocenters. The Hall–Kier alpha value is -2.68. The highest BCUT2D eigenvalue weighted by atomic mass is 32.2. The van der Waals surface area contributed by atoms with Crippen molar-refractivity contribution in [3.63, 3.8) is 0 Å². The molecule has 8 heteroatoms. The van der Waals surface area contributed by atoms with Crippen molar-refractivity contribution >= 4 is 26.9 Å². The van der Waals surface area contributed by atoms with E-state index >= 15 is 0 Å². The van der Waals surface area contributed by atoms with E-state index in [2.05, 4.69) is 16.9 Å². The number of carbonyl (C=O) groups is 1. The molecule has 3 N–H and O–H groups in total. The number of hydrogen-bond acceptors (Lipinski definition) is 5. The summed E-state index contributed by atoms with van der Waals surface area (Å²) < 4.78 is 34.4. The Morgan fingerprint density at radius 2 is 1.76 bits per heavy atom. The molecule has 0 spiro atoms. The van der Waals surface area contributed by atoms with Gasteiger partial charge in [0.1, 0.15) is 17.4 Å². The van der Waals surface area contributed by atoms with Gasteiger partial charge in [-0.1, -0.05) is 49.6 Å². The third-order valence-corrected chi connectivity index (χ3v) is 7.98. The molecule has 2 aromatic carbocycles. The Labute approximate surface area is 200 Å². The smallest absolute Gasteiger partial charge is 0.261 e. The van der Waals surface area contributed by atoms with Crippen molar-refractivity contribution < 1.29 is 22.8 Å². The number of aryl methyl sites for hydroxylation is 3. The van der Waals surface area contributed by atoms with Crippen LogP contribution in [-0.2, 0) is 34.1 Å². The fourth-order valence-electron chi connectivity index (χ4n) is 4.66. The number of benzene rings is 2. The van der Waals surface area contributed by atoms with Crippen LogP contribution in [0.3, 0.4) is 0 Å². The minimum absolute atomic E-state index is 0.0460. The van der Waals surface area contributed by atoms with E-state index in [-0.39, 0.29) is 4.90 Å². The Morgan fingerprint density at radius 3 is 2.56 bits per heavy atom. The second-order valence-corrected chi connectivity index (χ2v) is 10.7. The lowest BCUT2D eigenvalue weighted by molar-refractivity contribution is -0.131. The summed E-state index contributed by atoms with van der Waals surface area (Å²) >= 11 is 0. The molecule has 0 saturated carbocycles. The van der Waals surface area contributed by atoms with Crippen LogP contribution in [0, 0.1) is 0 Å². The Balaban J connectivity index is 1.35. The van der Waals surface area contributed by atoms with Gasteiger partial charge in [-0.25, -0.2) is 13.9 Å². The summed E-state index contributed by atoms with van der Waals surface area (Å²) in [5.74, 6) is 0.177. The molecule has 1 aromatic heterocycles. The first-order chi connectivity index (χ1) is 16.5. The van der Waals surface area contributed by atoms with Gasteiger partial charge in [-0.2, -0.15) is 4.72 Å². The van der Waals surface area contributed by atoms with Gasteiger partial charge in [-0.15, -0.1) is 0 Å². The number of furan rings is 1. The van der Waals surface area contributed by atoms with Gasteiger partial charge in [0, 0.05) is 23.4 Å². The number of amides is 1. The second kappa shape index (κ2) is 11.2. The third kappa shape index (κ3) is 5.87. The van der Waals surface area contributed by atoms with Crippen LogP contribution >= 0.6 is 0 Å². The summed E-state index contributed by atoms with van der Waals surface area (Å²) in [7, 11) is -3.97. The lowest BCUT2D eigenvalue weighted by Crippen LogP contribution is -2.45. The maximum absolute atomic E-state index is 13.0. The summed E-state index contributed by atoms with van der Waals surface area (Å²) in [6.45, 7) is 0. The number of carbonyl (C=O) groups excluding carboxylic acids is 1. The number of nitrogens with one attached hydrogen (secondary N) is 2. The van der Waals surface area contributed by atoms with Gasteiger partial charge in [-0.05, 0) is 56.2 Å². The van der Waals surface area contributed by atoms with Crippen molar-refractivity contribution in [2.45, 2.75) is 75.1 Å². The van der Waals surface area contributed by atoms with Gasteiger partial charge >= 0.3 is 0 Å². The fourth-order valence-corrected chi connectivity index (χ4v) is 5.91. The molecule has 7 nitrogen and oxygen atoms in total. The molecule has 1 aliphatic carbocycles. The van der Waals surface area contributed by atoms with Gasteiger partial charge in [0.05, 0.1) is 4.90 Å². The zero-order valence-electron chi connectivity index (χ0n) is 19.3. The number of sulfonamides is 1. The topological polar surface area (TPSA) is 109 Å². The average molecular weight is 485 g/mol. The molecular weight excluding hydrogens is 452 g/mol. The summed E-state index contributed by atoms with van der Waals surface area (Å²) in [4.78, 5) is 12.2. The first kappa shape index (κ1) is 24.4. The standard InChI is InChI=1S/C26H32N2O5S/c29-26(27-30)23(14-7-2-1-4-10-19-11-5-3-6-12-19)28-34(31,32)20-16-17-22-21-13-8-9-15-24(21)33-25(22)18-20/h3,5-6,11-12,16-18,23,28,30H,1-2,4,7-10,13-15H2,(H,27,29)/t23-/m1/s1. The highest BCUT2D eigenvalue weighted by Crippen LogP contribution is 2.33. The quantitative estimate of drug-likeness (QED) is 0.208. The lowest BCUT2D eigenvalue weighted by Gasteiger charge is -2.17. The molecule has 0 aliphatic heterocycles. The molecule has 182 valence electrons. The largest absolute Gasteiger partial charge is 0.461 e. The summed E-state index contributed by atoms with van der Waals surface area (Å²) in [6, 6.07) is 14.1. The Morgan fingerprint density at radius 1 is 1.00 bits per heavy atom. The van der Waals surface area contributed by atoms with Gasteiger partial charge in [0.15, 0.2) is 0 Å². The van der Waals surface area contributed by atoms with Crippen LogP contribution in [0.2, 0.25) is 0 Å². The number of fused-ring (bicyclic) bond motifs is 3. The zero-order valence-corrected chi connectivity index (χ0v) is 20.1. The minimum atomic E-state index is -3.97. The van der Waals surface area contributed by atoms with Crippen molar-refractivity contribution in [3.05, 3.63) is 65.4 Å². The molecule has 0 unspecified atom stereocenters. The van der Waals surface area contributed by atoms with Crippen molar-refractivity contribution in [1.82, 2.24) is 10.2 Å². The fraction of sp³-hybridized carbons (Fsp3) is 0.423. The molecule has 4 rings (SSSR count). The average Bonchev–Trinajstić information content (AvgIpc) is 3.23.